The van der Waals surface area contributed by atoms with E-state index in [1.165, 1.54) is 4.68 Å². The molecule has 88 valence electrons. The third kappa shape index (κ3) is 3.05. The van der Waals surface area contributed by atoms with Crippen LogP contribution in [-0.4, -0.2) is 30.9 Å². The molecule has 0 saturated heterocycles. The van der Waals surface area contributed by atoms with Crippen LogP contribution in [0.2, 0.25) is 0 Å². The number of hydrogen-bond donors (Lipinski definition) is 2. The molecule has 2 aromatic heterocycles. The third-order valence-electron chi connectivity index (χ3n) is 1.92. The van der Waals surface area contributed by atoms with E-state index in [1.54, 1.807) is 24.7 Å². The van der Waals surface area contributed by atoms with Gasteiger partial charge in [0.15, 0.2) is 0 Å². The number of amides is 1. The highest BCUT2D eigenvalue weighted by molar-refractivity contribution is 5.88. The second-order valence-electron chi connectivity index (χ2n) is 3.23. The number of aromatic nitrogens is 5. The highest BCUT2D eigenvalue weighted by atomic mass is 16.2. The summed E-state index contributed by atoms with van der Waals surface area (Å²) in [7, 11) is 0. The van der Waals surface area contributed by atoms with Crippen LogP contribution in [0.25, 0.3) is 0 Å². The lowest BCUT2D eigenvalue weighted by molar-refractivity contribution is -0.117. The number of rotatable bonds is 4. The molecule has 0 aromatic carbocycles. The van der Waals surface area contributed by atoms with Gasteiger partial charge in [0.25, 0.3) is 0 Å². The van der Waals surface area contributed by atoms with E-state index in [-0.39, 0.29) is 18.4 Å². The smallest absolute Gasteiger partial charge is 0.248 e. The number of carbonyl (C=O) groups is 1. The fourth-order valence-electron chi connectivity index (χ4n) is 1.18. The van der Waals surface area contributed by atoms with Crippen molar-refractivity contribution in [1.82, 2.24) is 25.0 Å². The fourth-order valence-corrected chi connectivity index (χ4v) is 1.18. The van der Waals surface area contributed by atoms with Crippen molar-refractivity contribution in [2.45, 2.75) is 13.1 Å². The Balaban J connectivity index is 1.93. The quantitative estimate of drug-likeness (QED) is 0.712. The molecule has 2 heterocycles. The maximum absolute atomic E-state index is 11.6. The number of anilines is 1. The van der Waals surface area contributed by atoms with E-state index in [1.807, 2.05) is 0 Å². The summed E-state index contributed by atoms with van der Waals surface area (Å²) in [4.78, 5) is 19.3. The Kier molecular flexibility index (Phi) is 3.36. The first-order valence-electron chi connectivity index (χ1n) is 4.94. The zero-order chi connectivity index (χ0) is 12.1. The van der Waals surface area contributed by atoms with E-state index in [0.29, 0.717) is 12.2 Å². The highest BCUT2D eigenvalue weighted by Gasteiger charge is 2.06. The van der Waals surface area contributed by atoms with Crippen LogP contribution in [0.3, 0.4) is 0 Å². The summed E-state index contributed by atoms with van der Waals surface area (Å²) in [5.41, 5.74) is 6.01. The Morgan fingerprint density at radius 1 is 1.41 bits per heavy atom. The van der Waals surface area contributed by atoms with Crippen molar-refractivity contribution in [3.05, 3.63) is 30.4 Å². The van der Waals surface area contributed by atoms with Crippen LogP contribution in [0.5, 0.6) is 0 Å². The number of carbonyl (C=O) groups excluding carboxylic acids is 1. The van der Waals surface area contributed by atoms with Gasteiger partial charge in [-0.1, -0.05) is 5.21 Å². The van der Waals surface area contributed by atoms with Crippen LogP contribution < -0.4 is 11.1 Å². The van der Waals surface area contributed by atoms with Gasteiger partial charge in [0.2, 0.25) is 11.9 Å². The first-order valence-corrected chi connectivity index (χ1v) is 4.94. The maximum atomic E-state index is 11.6. The molecule has 0 aliphatic rings. The van der Waals surface area contributed by atoms with Crippen molar-refractivity contribution in [3.8, 4) is 0 Å². The molecule has 1 amide bonds. The van der Waals surface area contributed by atoms with E-state index in [0.717, 1.165) is 0 Å². The highest BCUT2D eigenvalue weighted by Crippen LogP contribution is 1.96. The zero-order valence-electron chi connectivity index (χ0n) is 8.95. The van der Waals surface area contributed by atoms with Crippen LogP contribution in [0.1, 0.15) is 5.69 Å². The maximum Gasteiger partial charge on any atom is 0.248 e. The van der Waals surface area contributed by atoms with Crippen molar-refractivity contribution in [2.75, 3.05) is 5.32 Å². The molecular formula is C9H11N7O. The predicted octanol–water partition coefficient (Wildman–Crippen LogP) is -0.835. The van der Waals surface area contributed by atoms with Gasteiger partial charge >= 0.3 is 0 Å². The second-order valence-corrected chi connectivity index (χ2v) is 3.23. The molecular weight excluding hydrogens is 222 g/mol. The standard InChI is InChI=1S/C9H11N7O/c10-4-7-5-16(15-14-7)6-8(17)13-9-11-2-1-3-12-9/h1-3,5H,4,6,10H2,(H,11,12,13,17). The van der Waals surface area contributed by atoms with Crippen LogP contribution in [-0.2, 0) is 17.9 Å². The van der Waals surface area contributed by atoms with Gasteiger partial charge in [-0.2, -0.15) is 0 Å². The largest absolute Gasteiger partial charge is 0.325 e. The Labute approximate surface area is 96.9 Å². The van der Waals surface area contributed by atoms with Gasteiger partial charge in [0, 0.05) is 18.9 Å². The van der Waals surface area contributed by atoms with Gasteiger partial charge in [-0.15, -0.1) is 5.10 Å². The molecule has 8 heteroatoms. The first-order chi connectivity index (χ1) is 8.28. The first kappa shape index (κ1) is 11.1. The summed E-state index contributed by atoms with van der Waals surface area (Å²) in [6.45, 7) is 0.342. The molecule has 17 heavy (non-hydrogen) atoms. The van der Waals surface area contributed by atoms with Crippen molar-refractivity contribution in [1.29, 1.82) is 0 Å². The average molecular weight is 233 g/mol. The molecule has 0 fully saturated rings. The van der Waals surface area contributed by atoms with Gasteiger partial charge in [-0.3, -0.25) is 10.1 Å². The van der Waals surface area contributed by atoms with Gasteiger partial charge in [-0.05, 0) is 6.07 Å². The molecule has 0 aliphatic heterocycles. The molecule has 0 bridgehead atoms. The topological polar surface area (TPSA) is 112 Å². The molecule has 8 nitrogen and oxygen atoms in total. The third-order valence-corrected chi connectivity index (χ3v) is 1.92. The Morgan fingerprint density at radius 2 is 2.18 bits per heavy atom. The summed E-state index contributed by atoms with van der Waals surface area (Å²) in [6.07, 6.45) is 4.71. The van der Waals surface area contributed by atoms with Crippen molar-refractivity contribution < 1.29 is 4.79 Å². The molecule has 0 unspecified atom stereocenters. The number of nitrogens with zero attached hydrogens (tertiary/aromatic N) is 5. The minimum atomic E-state index is -0.273. The molecule has 3 N–H and O–H groups in total. The van der Waals surface area contributed by atoms with E-state index in [2.05, 4.69) is 25.6 Å². The summed E-state index contributed by atoms with van der Waals surface area (Å²) in [5, 5.41) is 10.1. The predicted molar refractivity (Wildman–Crippen MR) is 58.6 cm³/mol. The van der Waals surface area contributed by atoms with E-state index < -0.39 is 0 Å². The Bertz CT molecular complexity index is 495. The van der Waals surface area contributed by atoms with E-state index in [9.17, 15) is 4.79 Å². The lowest BCUT2D eigenvalue weighted by Gasteiger charge is -2.01. The van der Waals surface area contributed by atoms with Crippen molar-refractivity contribution in [2.24, 2.45) is 5.73 Å². The second kappa shape index (κ2) is 5.12. The van der Waals surface area contributed by atoms with Crippen LogP contribution in [0.15, 0.2) is 24.7 Å². The van der Waals surface area contributed by atoms with Crippen molar-refractivity contribution >= 4 is 11.9 Å². The molecule has 2 rings (SSSR count). The number of nitrogens with one attached hydrogen (secondary N) is 1. The molecule has 0 aliphatic carbocycles. The monoisotopic (exact) mass is 233 g/mol. The Morgan fingerprint density at radius 3 is 2.82 bits per heavy atom. The van der Waals surface area contributed by atoms with Crippen LogP contribution >= 0.6 is 0 Å². The summed E-state index contributed by atoms with van der Waals surface area (Å²) in [5.74, 6) is -0.0127. The minimum absolute atomic E-state index is 0.0469. The zero-order valence-corrected chi connectivity index (χ0v) is 8.95. The molecule has 2 aromatic rings. The van der Waals surface area contributed by atoms with E-state index in [4.69, 9.17) is 5.73 Å². The lowest BCUT2D eigenvalue weighted by atomic mass is 10.5. The van der Waals surface area contributed by atoms with Gasteiger partial charge < -0.3 is 5.73 Å². The number of nitrogens with two attached hydrogens (primary N) is 1. The normalized spacial score (nSPS) is 10.2. The fraction of sp³-hybridized carbons (Fsp3) is 0.222. The Hall–Kier alpha value is -2.35. The molecule has 0 spiro atoms. The molecule has 0 atom stereocenters. The van der Waals surface area contributed by atoms with Gasteiger partial charge in [-0.25, -0.2) is 14.6 Å². The van der Waals surface area contributed by atoms with Crippen molar-refractivity contribution in [3.63, 3.8) is 0 Å². The van der Waals surface area contributed by atoms with Gasteiger partial charge in [0.1, 0.15) is 6.54 Å². The lowest BCUT2D eigenvalue weighted by Crippen LogP contribution is -2.20. The van der Waals surface area contributed by atoms with Crippen LogP contribution in [0.4, 0.5) is 5.95 Å². The number of hydrogen-bond acceptors (Lipinski definition) is 6. The average Bonchev–Trinajstić information content (AvgIpc) is 2.78. The SMILES string of the molecule is NCc1cn(CC(=O)Nc2ncccn2)nn1. The summed E-state index contributed by atoms with van der Waals surface area (Å²) in [6, 6.07) is 1.67. The molecule has 0 radical (unpaired) electrons. The molecule has 0 saturated carbocycles. The van der Waals surface area contributed by atoms with Crippen LogP contribution in [0, 0.1) is 0 Å². The summed E-state index contributed by atoms with van der Waals surface area (Å²) < 4.78 is 1.40. The van der Waals surface area contributed by atoms with Gasteiger partial charge in [0.05, 0.1) is 11.9 Å². The minimum Gasteiger partial charge on any atom is -0.325 e. The van der Waals surface area contributed by atoms with E-state index >= 15 is 0 Å². The summed E-state index contributed by atoms with van der Waals surface area (Å²) >= 11 is 0.